The number of hydrogen-bond acceptors (Lipinski definition) is 11. The number of fused-ring (bicyclic) bond motifs is 1. The average molecular weight is 577 g/mol. The van der Waals surface area contributed by atoms with Crippen LogP contribution in [0.4, 0.5) is 4.79 Å². The minimum atomic E-state index is -1.64. The molecule has 0 spiro atoms. The van der Waals surface area contributed by atoms with Crippen molar-refractivity contribution in [2.24, 2.45) is 15.9 Å². The first kappa shape index (κ1) is 28.1. The summed E-state index contributed by atoms with van der Waals surface area (Å²) >= 11 is 6.98. The van der Waals surface area contributed by atoms with Gasteiger partial charge < -0.3 is 25.6 Å². The maximum absolute atomic E-state index is 13.5. The lowest BCUT2D eigenvalue weighted by Crippen LogP contribution is -2.67. The number of aliphatic imine (C=N–C) groups is 2. The van der Waals surface area contributed by atoms with E-state index in [0.29, 0.717) is 5.56 Å². The maximum atomic E-state index is 13.5. The fourth-order valence-corrected chi connectivity index (χ4v) is 5.73. The summed E-state index contributed by atoms with van der Waals surface area (Å²) in [6.07, 6.45) is 0.245. The van der Waals surface area contributed by atoms with Gasteiger partial charge >= 0.3 is 6.16 Å². The van der Waals surface area contributed by atoms with Gasteiger partial charge in [-0.05, 0) is 17.7 Å². The standard InChI is InChI=1S/C24H21ClN4O9S/c25-20-23(38-24(36)37)29-17-16(18(33)19(17)39-20)28-22(35)14(10-4-2-1-3-5-10)27-15-12(32)7-6-11(31)13(15)21(34)26-8-9-30/h1-7,13-14,16-17,19-20,30H,8-9H2,(H,26,34)(H,28,35)(H,36,37). The number of allylic oxidation sites excluding steroid dienone is 2. The lowest BCUT2D eigenvalue weighted by atomic mass is 9.83. The van der Waals surface area contributed by atoms with Crippen LogP contribution in [0.2, 0.25) is 0 Å². The number of hydrogen-bond donors (Lipinski definition) is 4. The summed E-state index contributed by atoms with van der Waals surface area (Å²) in [4.78, 5) is 83.4. The number of amides is 2. The third kappa shape index (κ3) is 5.92. The van der Waals surface area contributed by atoms with E-state index >= 15 is 0 Å². The van der Waals surface area contributed by atoms with Crippen LogP contribution >= 0.6 is 23.4 Å². The molecule has 15 heteroatoms. The molecule has 4 N–H and O–H groups in total. The lowest BCUT2D eigenvalue weighted by molar-refractivity contribution is -0.133. The van der Waals surface area contributed by atoms with Crippen molar-refractivity contribution in [1.29, 1.82) is 0 Å². The predicted molar refractivity (Wildman–Crippen MR) is 138 cm³/mol. The highest BCUT2D eigenvalue weighted by Crippen LogP contribution is 2.40. The number of Topliss-reactive ketones (excluding diaryl/α,β-unsaturated/α-hetero) is 1. The molecule has 0 bridgehead atoms. The first-order valence-corrected chi connectivity index (χ1v) is 12.9. The summed E-state index contributed by atoms with van der Waals surface area (Å²) in [5, 5.41) is 22.0. The Morgan fingerprint density at radius 3 is 2.54 bits per heavy atom. The van der Waals surface area contributed by atoms with Crippen LogP contribution in [0.5, 0.6) is 0 Å². The summed E-state index contributed by atoms with van der Waals surface area (Å²) < 4.78 is 3.57. The zero-order chi connectivity index (χ0) is 28.3. The second-order valence-corrected chi connectivity index (χ2v) is 10.4. The van der Waals surface area contributed by atoms with E-state index in [4.69, 9.17) is 21.8 Å². The summed E-state index contributed by atoms with van der Waals surface area (Å²) in [7, 11) is 0. The van der Waals surface area contributed by atoms with Gasteiger partial charge in [-0.1, -0.05) is 30.3 Å². The molecule has 1 fully saturated rings. The number of alkyl halides is 1. The molecule has 2 aliphatic carbocycles. The number of aliphatic hydroxyl groups excluding tert-OH is 1. The predicted octanol–water partition coefficient (Wildman–Crippen LogP) is -0.189. The van der Waals surface area contributed by atoms with Gasteiger partial charge in [-0.25, -0.2) is 9.79 Å². The minimum absolute atomic E-state index is 0.169. The van der Waals surface area contributed by atoms with Gasteiger partial charge in [-0.2, -0.15) is 0 Å². The van der Waals surface area contributed by atoms with Crippen LogP contribution in [0.1, 0.15) is 11.6 Å². The number of carboxylic acid groups (broad SMARTS) is 1. The molecule has 39 heavy (non-hydrogen) atoms. The second kappa shape index (κ2) is 11.9. The highest BCUT2D eigenvalue weighted by atomic mass is 35.5. The number of carbonyl (C=O) groups excluding carboxylic acids is 5. The summed E-state index contributed by atoms with van der Waals surface area (Å²) in [6.45, 7) is -0.571. The molecule has 3 aliphatic rings. The second-order valence-electron chi connectivity index (χ2n) is 8.46. The van der Waals surface area contributed by atoms with Gasteiger partial charge in [0.25, 0.3) is 0 Å². The Morgan fingerprint density at radius 1 is 1.15 bits per heavy atom. The number of rotatable bonds is 7. The highest BCUT2D eigenvalue weighted by Gasteiger charge is 2.55. The van der Waals surface area contributed by atoms with E-state index in [2.05, 4.69) is 25.4 Å². The van der Waals surface area contributed by atoms with Crippen molar-refractivity contribution < 1.29 is 43.7 Å². The topological polar surface area (TPSA) is 201 Å². The fourth-order valence-electron chi connectivity index (χ4n) is 4.15. The number of aliphatic hydroxyl groups is 1. The van der Waals surface area contributed by atoms with E-state index in [1.165, 1.54) is 12.1 Å². The zero-order valence-corrected chi connectivity index (χ0v) is 21.4. The molecule has 1 heterocycles. The van der Waals surface area contributed by atoms with Crippen LogP contribution in [0.15, 0.2) is 52.5 Å². The number of halogens is 1. The van der Waals surface area contributed by atoms with E-state index in [0.717, 1.165) is 23.9 Å². The number of thioether (sulfide) groups is 1. The first-order valence-electron chi connectivity index (χ1n) is 11.5. The monoisotopic (exact) mass is 576 g/mol. The van der Waals surface area contributed by atoms with Gasteiger partial charge in [-0.15, -0.1) is 23.4 Å². The van der Waals surface area contributed by atoms with Crippen molar-refractivity contribution in [3.63, 3.8) is 0 Å². The van der Waals surface area contributed by atoms with E-state index in [1.54, 1.807) is 18.2 Å². The number of ether oxygens (including phenoxy) is 1. The van der Waals surface area contributed by atoms with Crippen LogP contribution in [0, 0.1) is 5.92 Å². The van der Waals surface area contributed by atoms with Crippen molar-refractivity contribution in [3.05, 3.63) is 48.0 Å². The lowest BCUT2D eigenvalue weighted by Gasteiger charge is -2.43. The van der Waals surface area contributed by atoms with Gasteiger partial charge in [0.1, 0.15) is 17.7 Å². The quantitative estimate of drug-likeness (QED) is 0.191. The van der Waals surface area contributed by atoms with Crippen LogP contribution in [0.3, 0.4) is 0 Å². The van der Waals surface area contributed by atoms with Crippen LogP contribution in [-0.4, -0.2) is 92.3 Å². The number of nitrogens with one attached hydrogen (secondary N) is 2. The molecule has 1 aliphatic heterocycles. The highest BCUT2D eigenvalue weighted by molar-refractivity contribution is 8.03. The Labute approximate surface area is 229 Å². The molecule has 1 saturated carbocycles. The summed E-state index contributed by atoms with van der Waals surface area (Å²) in [5.41, 5.74) is -0.180. The molecular weight excluding hydrogens is 556 g/mol. The van der Waals surface area contributed by atoms with Gasteiger partial charge in [0.2, 0.25) is 23.5 Å². The van der Waals surface area contributed by atoms with Crippen LogP contribution in [-0.2, 0) is 28.7 Å². The van der Waals surface area contributed by atoms with E-state index in [-0.39, 0.29) is 12.4 Å². The van der Waals surface area contributed by atoms with Crippen molar-refractivity contribution >= 4 is 70.3 Å². The molecule has 0 aromatic heterocycles. The third-order valence-corrected chi connectivity index (χ3v) is 7.72. The molecular formula is C24H21ClN4O9S. The molecule has 6 unspecified atom stereocenters. The number of nitrogens with zero attached hydrogens (tertiary/aromatic N) is 2. The molecule has 204 valence electrons. The number of carbonyl (C=O) groups is 6. The van der Waals surface area contributed by atoms with Crippen molar-refractivity contribution in [2.75, 3.05) is 13.2 Å². The Balaban J connectivity index is 1.65. The molecule has 6 atom stereocenters. The fraction of sp³-hybridized carbons (Fsp3) is 0.333. The normalized spacial score (nSPS) is 27.6. The van der Waals surface area contributed by atoms with Gasteiger partial charge in [0.15, 0.2) is 22.3 Å². The van der Waals surface area contributed by atoms with Crippen molar-refractivity contribution in [3.8, 4) is 0 Å². The van der Waals surface area contributed by atoms with E-state index in [1.807, 2.05) is 0 Å². The van der Waals surface area contributed by atoms with E-state index < -0.39 is 81.6 Å². The third-order valence-electron chi connectivity index (χ3n) is 5.98. The molecule has 0 saturated heterocycles. The molecule has 13 nitrogen and oxygen atoms in total. The molecule has 1 aromatic rings. The van der Waals surface area contributed by atoms with Crippen LogP contribution < -0.4 is 10.6 Å². The Kier molecular flexibility index (Phi) is 8.57. The van der Waals surface area contributed by atoms with Gasteiger partial charge in [-0.3, -0.25) is 29.0 Å². The van der Waals surface area contributed by atoms with Crippen LogP contribution in [0.25, 0.3) is 0 Å². The molecule has 1 aromatic carbocycles. The van der Waals surface area contributed by atoms with Gasteiger partial charge in [0, 0.05) is 6.54 Å². The Bertz CT molecular complexity index is 1320. The smallest absolute Gasteiger partial charge is 0.449 e. The Morgan fingerprint density at radius 2 is 1.87 bits per heavy atom. The number of ketones is 3. The maximum Gasteiger partial charge on any atom is 0.512 e. The SMILES string of the molecule is O=C(O)OC1=NC2C(NC(=O)C(N=C3C(=O)C=CC(=O)C3C(=O)NCCO)c3ccccc3)C(=O)C2SC1Cl. The average Bonchev–Trinajstić information content (AvgIpc) is 2.91. The molecule has 0 radical (unpaired) electrons. The Hall–Kier alpha value is -3.88. The summed E-state index contributed by atoms with van der Waals surface area (Å²) in [6, 6.07) is 4.50. The first-order chi connectivity index (χ1) is 18.6. The van der Waals surface area contributed by atoms with Gasteiger partial charge in [0.05, 0.1) is 17.9 Å². The van der Waals surface area contributed by atoms with Crippen molar-refractivity contribution in [2.45, 2.75) is 28.1 Å². The minimum Gasteiger partial charge on any atom is -0.449 e. The van der Waals surface area contributed by atoms with E-state index in [9.17, 15) is 28.8 Å². The molecule has 4 rings (SSSR count). The zero-order valence-electron chi connectivity index (χ0n) is 19.9. The summed E-state index contributed by atoms with van der Waals surface area (Å²) in [5.74, 6) is -5.56. The number of benzene rings is 1. The van der Waals surface area contributed by atoms with Crippen molar-refractivity contribution in [1.82, 2.24) is 10.6 Å². The molecule has 2 amide bonds. The largest absolute Gasteiger partial charge is 0.512 e.